The molecule has 3 aromatic rings. The second kappa shape index (κ2) is 16.1. The molecule has 292 valence electrons. The van der Waals surface area contributed by atoms with E-state index >= 15 is 0 Å². The van der Waals surface area contributed by atoms with E-state index in [-0.39, 0.29) is 43.6 Å². The summed E-state index contributed by atoms with van der Waals surface area (Å²) in [5, 5.41) is 6.66. The fourth-order valence-electron chi connectivity index (χ4n) is 7.76. The highest BCUT2D eigenvalue weighted by Gasteiger charge is 2.45. The van der Waals surface area contributed by atoms with Crippen molar-refractivity contribution in [3.63, 3.8) is 0 Å². The minimum absolute atomic E-state index is 0.0163. The Balaban J connectivity index is 1.13. The monoisotopic (exact) mass is 770 g/mol. The van der Waals surface area contributed by atoms with Gasteiger partial charge in [-0.3, -0.25) is 14.4 Å². The number of hydrogen-bond acceptors (Lipinski definition) is 7. The third kappa shape index (κ3) is 8.67. The van der Waals surface area contributed by atoms with Gasteiger partial charge in [0, 0.05) is 50.3 Å². The first-order valence-electron chi connectivity index (χ1n) is 18.3. The van der Waals surface area contributed by atoms with Gasteiger partial charge in [-0.05, 0) is 78.6 Å². The second-order valence-electron chi connectivity index (χ2n) is 14.5. The molecule has 3 fully saturated rings. The van der Waals surface area contributed by atoms with Crippen LogP contribution < -0.4 is 15.4 Å². The summed E-state index contributed by atoms with van der Waals surface area (Å²) in [6, 6.07) is 12.5. The van der Waals surface area contributed by atoms with Crippen molar-refractivity contribution < 1.29 is 50.2 Å². The van der Waals surface area contributed by atoms with E-state index in [1.807, 2.05) is 24.3 Å². The summed E-state index contributed by atoms with van der Waals surface area (Å²) in [4.78, 5) is 42.7. The van der Waals surface area contributed by atoms with Crippen LogP contribution in [-0.2, 0) is 38.3 Å². The van der Waals surface area contributed by atoms with Gasteiger partial charge in [-0.1, -0.05) is 36.4 Å². The third-order valence-corrected chi connectivity index (χ3v) is 10.6. The number of nitrogens with zero attached hydrogens (tertiary/aromatic N) is 2. The van der Waals surface area contributed by atoms with Crippen LogP contribution in [0.1, 0.15) is 54.4 Å². The molecule has 0 spiro atoms. The van der Waals surface area contributed by atoms with Crippen LogP contribution in [0.3, 0.4) is 0 Å². The highest BCUT2D eigenvalue weighted by Crippen LogP contribution is 2.38. The maximum Gasteiger partial charge on any atom is 0.416 e. The summed E-state index contributed by atoms with van der Waals surface area (Å²) in [7, 11) is 0. The lowest BCUT2D eigenvalue weighted by Crippen LogP contribution is -2.63. The Bertz CT molecular complexity index is 1950. The molecule has 2 amide bonds. The van der Waals surface area contributed by atoms with Gasteiger partial charge in [-0.2, -0.15) is 17.6 Å². The molecule has 55 heavy (non-hydrogen) atoms. The molecular weight excluding hydrogens is 730 g/mol. The molecule has 3 aliphatic heterocycles. The molecule has 3 aromatic carbocycles. The molecule has 7 rings (SSSR count). The standard InChI is InChI=1S/C40H40F6N4O5/c41-31-12-13-32(42)37(36(31)43)54-14-2-4-23-6-8-25(9-7-23)30-16-27-20-49(38(52)33-17-29(18-47-33)55-22-51)21-34(48-27)35(30)39(53)50(28-10-11-28)19-24-3-1-5-26(15-24)40(44,45)46/h1,3,5-9,12-13,15,22,27-29,33-34,47-48H,2,4,10-11,14,16-21H2/t27-,29+,33?,34-/m0/s1. The average Bonchev–Trinajstić information content (AvgIpc) is 3.91. The van der Waals surface area contributed by atoms with Gasteiger partial charge in [0.05, 0.1) is 24.3 Å². The quantitative estimate of drug-likeness (QED) is 0.102. The Morgan fingerprint density at radius 1 is 0.964 bits per heavy atom. The highest BCUT2D eigenvalue weighted by molar-refractivity contribution is 6.03. The van der Waals surface area contributed by atoms with E-state index in [9.17, 15) is 40.7 Å². The van der Waals surface area contributed by atoms with Crippen molar-refractivity contribution in [3.8, 4) is 5.75 Å². The number of rotatable bonds is 13. The molecule has 1 unspecified atom stereocenters. The number of fused-ring (bicyclic) bond motifs is 2. The number of carbonyl (C=O) groups excluding carboxylic acids is 3. The maximum atomic E-state index is 14.8. The number of nitrogens with one attached hydrogen (secondary N) is 2. The summed E-state index contributed by atoms with van der Waals surface area (Å²) in [6.45, 7) is 1.20. The molecule has 2 N–H and O–H groups in total. The first-order valence-corrected chi connectivity index (χ1v) is 18.3. The van der Waals surface area contributed by atoms with Gasteiger partial charge in [0.2, 0.25) is 11.7 Å². The van der Waals surface area contributed by atoms with E-state index in [0.29, 0.717) is 75.3 Å². The van der Waals surface area contributed by atoms with E-state index < -0.39 is 53.1 Å². The van der Waals surface area contributed by atoms with Crippen LogP contribution >= 0.6 is 0 Å². The van der Waals surface area contributed by atoms with E-state index in [2.05, 4.69) is 10.6 Å². The Morgan fingerprint density at radius 3 is 2.45 bits per heavy atom. The lowest BCUT2D eigenvalue weighted by atomic mass is 9.82. The predicted molar refractivity (Wildman–Crippen MR) is 188 cm³/mol. The fourth-order valence-corrected chi connectivity index (χ4v) is 7.76. The van der Waals surface area contributed by atoms with Gasteiger partial charge in [-0.15, -0.1) is 0 Å². The molecule has 1 saturated carbocycles. The van der Waals surface area contributed by atoms with Crippen molar-refractivity contribution in [1.29, 1.82) is 0 Å². The van der Waals surface area contributed by atoms with Crippen LogP contribution in [0.5, 0.6) is 5.75 Å². The zero-order valence-electron chi connectivity index (χ0n) is 29.7. The topological polar surface area (TPSA) is 100 Å². The summed E-state index contributed by atoms with van der Waals surface area (Å²) < 4.78 is 92.6. The number of benzene rings is 3. The normalized spacial score (nSPS) is 22.4. The second-order valence-corrected chi connectivity index (χ2v) is 14.5. The molecule has 2 bridgehead atoms. The molecule has 0 radical (unpaired) electrons. The van der Waals surface area contributed by atoms with Crippen LogP contribution in [0.4, 0.5) is 26.3 Å². The molecule has 3 heterocycles. The number of carbonyl (C=O) groups is 3. The van der Waals surface area contributed by atoms with E-state index in [0.717, 1.165) is 34.9 Å². The van der Waals surface area contributed by atoms with Crippen molar-refractivity contribution in [2.45, 2.75) is 81.5 Å². The number of piperazine rings is 1. The number of alkyl halides is 3. The summed E-state index contributed by atoms with van der Waals surface area (Å²) in [5.74, 6) is -4.82. The van der Waals surface area contributed by atoms with Gasteiger partial charge >= 0.3 is 6.18 Å². The zero-order valence-corrected chi connectivity index (χ0v) is 29.7. The molecular formula is C40H40F6N4O5. The third-order valence-electron chi connectivity index (χ3n) is 10.6. The lowest BCUT2D eigenvalue weighted by molar-refractivity contribution is -0.137. The van der Waals surface area contributed by atoms with Gasteiger partial charge in [0.25, 0.3) is 12.4 Å². The first kappa shape index (κ1) is 38.4. The number of hydrogen-bond donors (Lipinski definition) is 2. The number of aryl methyl sites for hydroxylation is 1. The molecule has 4 atom stereocenters. The minimum atomic E-state index is -4.54. The zero-order chi connectivity index (χ0) is 38.9. The van der Waals surface area contributed by atoms with Gasteiger partial charge in [0.1, 0.15) is 6.10 Å². The van der Waals surface area contributed by atoms with Crippen LogP contribution in [0.15, 0.2) is 66.2 Å². The van der Waals surface area contributed by atoms with Gasteiger partial charge < -0.3 is 29.9 Å². The summed E-state index contributed by atoms with van der Waals surface area (Å²) >= 11 is 0. The Morgan fingerprint density at radius 2 is 1.73 bits per heavy atom. The lowest BCUT2D eigenvalue weighted by Gasteiger charge is -2.45. The molecule has 9 nitrogen and oxygen atoms in total. The summed E-state index contributed by atoms with van der Waals surface area (Å²) in [6.07, 6.45) is -1.94. The van der Waals surface area contributed by atoms with E-state index in [1.165, 1.54) is 6.07 Å². The Hall–Kier alpha value is -4.89. The summed E-state index contributed by atoms with van der Waals surface area (Å²) in [5.41, 5.74) is 2.47. The van der Waals surface area contributed by atoms with Crippen molar-refractivity contribution >= 4 is 23.9 Å². The molecule has 2 saturated heterocycles. The van der Waals surface area contributed by atoms with Crippen molar-refractivity contribution in [3.05, 3.63) is 106 Å². The fraction of sp³-hybridized carbons (Fsp3) is 0.425. The number of ether oxygens (including phenoxy) is 2. The predicted octanol–water partition coefficient (Wildman–Crippen LogP) is 5.56. The van der Waals surface area contributed by atoms with Crippen LogP contribution in [0.25, 0.3) is 5.57 Å². The smallest absolute Gasteiger partial charge is 0.416 e. The average molecular weight is 771 g/mol. The van der Waals surface area contributed by atoms with Crippen molar-refractivity contribution in [1.82, 2.24) is 20.4 Å². The van der Waals surface area contributed by atoms with E-state index in [4.69, 9.17) is 9.47 Å². The number of halogens is 6. The molecule has 15 heteroatoms. The molecule has 0 aromatic heterocycles. The largest absolute Gasteiger partial charge is 0.488 e. The highest BCUT2D eigenvalue weighted by atomic mass is 19.4. The minimum Gasteiger partial charge on any atom is -0.488 e. The molecule has 4 aliphatic rings. The Kier molecular flexibility index (Phi) is 11.2. The SMILES string of the molecule is O=CO[C@H]1CNC(C(=O)N2C[C@@H]3CC(c4ccc(CCCOc5c(F)ccc(F)c5F)cc4)=C(C(=O)N(Cc4cccc(C(F)(F)F)c4)C4CC4)[C@H](C2)N3)C1. The van der Waals surface area contributed by atoms with Crippen LogP contribution in [0.2, 0.25) is 0 Å². The van der Waals surface area contributed by atoms with Crippen molar-refractivity contribution in [2.24, 2.45) is 0 Å². The molecule has 1 aliphatic carbocycles. The first-order chi connectivity index (χ1) is 26.4. The van der Waals surface area contributed by atoms with Crippen molar-refractivity contribution in [2.75, 3.05) is 26.2 Å². The Labute approximate surface area is 313 Å². The van der Waals surface area contributed by atoms with Crippen LogP contribution in [0, 0.1) is 17.5 Å². The van der Waals surface area contributed by atoms with Gasteiger partial charge in [-0.25, -0.2) is 8.78 Å². The van der Waals surface area contributed by atoms with Gasteiger partial charge in [0.15, 0.2) is 17.4 Å². The maximum absolute atomic E-state index is 14.8. The van der Waals surface area contributed by atoms with E-state index in [1.54, 1.807) is 15.9 Å². The number of amides is 2. The van der Waals surface area contributed by atoms with Crippen LogP contribution in [-0.4, -0.2) is 84.6 Å².